The lowest BCUT2D eigenvalue weighted by molar-refractivity contribution is 0.0526. The molecular weight excluding hydrogens is 328 g/mol. The van der Waals surface area contributed by atoms with Gasteiger partial charge in [0.25, 0.3) is 0 Å². The van der Waals surface area contributed by atoms with Crippen molar-refractivity contribution < 1.29 is 19.4 Å². The minimum Gasteiger partial charge on any atom is -0.478 e. The largest absolute Gasteiger partial charge is 0.478 e. The van der Waals surface area contributed by atoms with Crippen LogP contribution in [-0.4, -0.2) is 33.4 Å². The summed E-state index contributed by atoms with van der Waals surface area (Å²) in [5, 5.41) is 13.2. The van der Waals surface area contributed by atoms with Gasteiger partial charge < -0.3 is 9.84 Å². The zero-order chi connectivity index (χ0) is 14.7. The first-order valence-electron chi connectivity index (χ1n) is 5.78. The van der Waals surface area contributed by atoms with E-state index in [1.165, 1.54) is 23.1 Å². The van der Waals surface area contributed by atoms with Gasteiger partial charge in [-0.15, -0.1) is 0 Å². The maximum Gasteiger partial charge on any atom is 0.341 e. The van der Waals surface area contributed by atoms with E-state index in [4.69, 9.17) is 4.74 Å². The molecule has 7 heteroatoms. The van der Waals surface area contributed by atoms with E-state index in [9.17, 15) is 14.7 Å². The molecule has 1 heterocycles. The Labute approximate surface area is 123 Å². The first kappa shape index (κ1) is 14.3. The van der Waals surface area contributed by atoms with Crippen LogP contribution in [0, 0.1) is 0 Å². The van der Waals surface area contributed by atoms with E-state index in [1.807, 2.05) is 0 Å². The Morgan fingerprint density at radius 2 is 2.20 bits per heavy atom. The average Bonchev–Trinajstić information content (AvgIpc) is 2.88. The summed E-state index contributed by atoms with van der Waals surface area (Å²) in [7, 11) is 0. The fourth-order valence-corrected chi connectivity index (χ4v) is 2.00. The minimum atomic E-state index is -1.07. The molecule has 0 spiro atoms. The van der Waals surface area contributed by atoms with Gasteiger partial charge in [-0.1, -0.05) is 15.9 Å². The number of carboxylic acids is 1. The highest BCUT2D eigenvalue weighted by Gasteiger charge is 2.15. The van der Waals surface area contributed by atoms with Crippen LogP contribution in [0.15, 0.2) is 35.1 Å². The average molecular weight is 339 g/mol. The van der Waals surface area contributed by atoms with Crippen LogP contribution in [0.25, 0.3) is 5.69 Å². The molecule has 0 atom stereocenters. The molecule has 0 radical (unpaired) electrons. The van der Waals surface area contributed by atoms with Crippen molar-refractivity contribution in [2.24, 2.45) is 0 Å². The predicted molar refractivity (Wildman–Crippen MR) is 74.2 cm³/mol. The number of benzene rings is 1. The number of aromatic nitrogens is 2. The molecule has 1 aromatic heterocycles. The second-order valence-electron chi connectivity index (χ2n) is 3.86. The molecular formula is C13H11BrN2O4. The highest BCUT2D eigenvalue weighted by molar-refractivity contribution is 9.10. The summed E-state index contributed by atoms with van der Waals surface area (Å²) in [5.41, 5.74) is 0.720. The lowest BCUT2D eigenvalue weighted by atomic mass is 10.2. The van der Waals surface area contributed by atoms with Crippen LogP contribution in [0.5, 0.6) is 0 Å². The summed E-state index contributed by atoms with van der Waals surface area (Å²) in [4.78, 5) is 22.8. The molecule has 0 fully saturated rings. The number of carbonyl (C=O) groups excluding carboxylic acids is 1. The van der Waals surface area contributed by atoms with Crippen molar-refractivity contribution in [3.63, 3.8) is 0 Å². The van der Waals surface area contributed by atoms with Crippen molar-refractivity contribution >= 4 is 27.9 Å². The van der Waals surface area contributed by atoms with Crippen molar-refractivity contribution in [3.05, 3.63) is 46.2 Å². The summed E-state index contributed by atoms with van der Waals surface area (Å²) in [6.07, 6.45) is 2.77. The van der Waals surface area contributed by atoms with Gasteiger partial charge in [0.15, 0.2) is 0 Å². The SMILES string of the molecule is CCOC(=O)c1cnn(-c2cc(Br)ccc2C(=O)O)c1. The van der Waals surface area contributed by atoms with Gasteiger partial charge in [-0.3, -0.25) is 0 Å². The number of hydrogen-bond donors (Lipinski definition) is 1. The summed E-state index contributed by atoms with van der Waals surface area (Å²) >= 11 is 3.28. The molecule has 20 heavy (non-hydrogen) atoms. The van der Waals surface area contributed by atoms with Crippen LogP contribution in [0.4, 0.5) is 0 Å². The van der Waals surface area contributed by atoms with Gasteiger partial charge in [0.2, 0.25) is 0 Å². The molecule has 0 amide bonds. The normalized spacial score (nSPS) is 10.3. The van der Waals surface area contributed by atoms with Crippen molar-refractivity contribution in [3.8, 4) is 5.69 Å². The third-order valence-electron chi connectivity index (χ3n) is 2.53. The maximum absolute atomic E-state index is 11.6. The number of rotatable bonds is 4. The number of ether oxygens (including phenoxy) is 1. The van der Waals surface area contributed by atoms with E-state index >= 15 is 0 Å². The Hall–Kier alpha value is -2.15. The molecule has 0 unspecified atom stereocenters. The number of hydrogen-bond acceptors (Lipinski definition) is 4. The zero-order valence-electron chi connectivity index (χ0n) is 10.5. The number of halogens is 1. The lowest BCUT2D eigenvalue weighted by Gasteiger charge is -2.06. The molecule has 1 N–H and O–H groups in total. The van der Waals surface area contributed by atoms with Gasteiger partial charge in [-0.05, 0) is 25.1 Å². The molecule has 0 aliphatic rings. The van der Waals surface area contributed by atoms with Crippen molar-refractivity contribution in [2.45, 2.75) is 6.92 Å². The van der Waals surface area contributed by atoms with Crippen molar-refractivity contribution in [1.29, 1.82) is 0 Å². The standard InChI is InChI=1S/C13H11BrN2O4/c1-2-20-13(19)8-6-15-16(7-8)11-5-9(14)3-4-10(11)12(17)18/h3-7H,2H2,1H3,(H,17,18). The quantitative estimate of drug-likeness (QED) is 0.866. The lowest BCUT2D eigenvalue weighted by Crippen LogP contribution is -2.06. The topological polar surface area (TPSA) is 81.4 Å². The third kappa shape index (κ3) is 2.88. The maximum atomic E-state index is 11.6. The van der Waals surface area contributed by atoms with E-state index in [-0.39, 0.29) is 17.7 Å². The Morgan fingerprint density at radius 3 is 2.85 bits per heavy atom. The second kappa shape index (κ2) is 5.87. The molecule has 0 saturated heterocycles. The summed E-state index contributed by atoms with van der Waals surface area (Å²) < 4.78 is 6.91. The van der Waals surface area contributed by atoms with E-state index in [1.54, 1.807) is 19.1 Å². The highest BCUT2D eigenvalue weighted by atomic mass is 79.9. The van der Waals surface area contributed by atoms with Gasteiger partial charge in [0.05, 0.1) is 29.6 Å². The van der Waals surface area contributed by atoms with Gasteiger partial charge in [-0.25, -0.2) is 14.3 Å². The second-order valence-corrected chi connectivity index (χ2v) is 4.78. The van der Waals surface area contributed by atoms with Crippen molar-refractivity contribution in [1.82, 2.24) is 9.78 Å². The summed E-state index contributed by atoms with van der Waals surface area (Å²) in [6.45, 7) is 1.97. The van der Waals surface area contributed by atoms with Gasteiger partial charge in [0.1, 0.15) is 0 Å². The van der Waals surface area contributed by atoms with Crippen LogP contribution in [-0.2, 0) is 4.74 Å². The Bertz CT molecular complexity index is 666. The number of esters is 1. The molecule has 104 valence electrons. The van der Waals surface area contributed by atoms with Crippen LogP contribution in [0.2, 0.25) is 0 Å². The Balaban J connectivity index is 2.44. The summed E-state index contributed by atoms with van der Waals surface area (Å²) in [5.74, 6) is -1.56. The number of nitrogens with zero attached hydrogens (tertiary/aromatic N) is 2. The van der Waals surface area contributed by atoms with E-state index in [0.29, 0.717) is 10.2 Å². The molecule has 1 aromatic carbocycles. The van der Waals surface area contributed by atoms with Gasteiger partial charge >= 0.3 is 11.9 Å². The molecule has 0 aliphatic heterocycles. The van der Waals surface area contributed by atoms with Gasteiger partial charge in [0, 0.05) is 10.7 Å². The first-order valence-corrected chi connectivity index (χ1v) is 6.57. The van der Waals surface area contributed by atoms with E-state index < -0.39 is 11.9 Å². The minimum absolute atomic E-state index is 0.0895. The van der Waals surface area contributed by atoms with Crippen LogP contribution >= 0.6 is 15.9 Å². The third-order valence-corrected chi connectivity index (χ3v) is 3.02. The first-order chi connectivity index (χ1) is 9.52. The molecule has 0 aliphatic carbocycles. The fraction of sp³-hybridized carbons (Fsp3) is 0.154. The summed E-state index contributed by atoms with van der Waals surface area (Å²) in [6, 6.07) is 4.71. The monoisotopic (exact) mass is 338 g/mol. The van der Waals surface area contributed by atoms with Gasteiger partial charge in [-0.2, -0.15) is 5.10 Å². The molecule has 6 nitrogen and oxygen atoms in total. The van der Waals surface area contributed by atoms with Crippen LogP contribution in [0.1, 0.15) is 27.6 Å². The number of aromatic carboxylic acids is 1. The zero-order valence-corrected chi connectivity index (χ0v) is 12.1. The number of carboxylic acid groups (broad SMARTS) is 1. The van der Waals surface area contributed by atoms with E-state index in [2.05, 4.69) is 21.0 Å². The number of carbonyl (C=O) groups is 2. The smallest absolute Gasteiger partial charge is 0.341 e. The molecule has 2 rings (SSSR count). The molecule has 2 aromatic rings. The Kier molecular flexibility index (Phi) is 4.19. The van der Waals surface area contributed by atoms with Crippen LogP contribution < -0.4 is 0 Å². The Morgan fingerprint density at radius 1 is 1.45 bits per heavy atom. The molecule has 0 bridgehead atoms. The molecule has 0 saturated carbocycles. The highest BCUT2D eigenvalue weighted by Crippen LogP contribution is 2.20. The van der Waals surface area contributed by atoms with Crippen molar-refractivity contribution in [2.75, 3.05) is 6.61 Å². The predicted octanol–water partition coefficient (Wildman–Crippen LogP) is 2.51. The van der Waals surface area contributed by atoms with Crippen LogP contribution in [0.3, 0.4) is 0 Å². The van der Waals surface area contributed by atoms with E-state index in [0.717, 1.165) is 0 Å². The fourth-order valence-electron chi connectivity index (χ4n) is 1.65.